The Kier molecular flexibility index (Phi) is 6.28. The summed E-state index contributed by atoms with van der Waals surface area (Å²) in [6, 6.07) is 5.74. The lowest BCUT2D eigenvalue weighted by molar-refractivity contribution is -0.150. The molecule has 2 aliphatic rings. The third-order valence-electron chi connectivity index (χ3n) is 5.83. The van der Waals surface area contributed by atoms with Crippen molar-refractivity contribution in [3.05, 3.63) is 29.7 Å². The number of Topliss-reactive ketones (excluding diaryl/α,β-unsaturated/α-hetero) is 1. The first kappa shape index (κ1) is 20.1. The SMILES string of the molecule is Cc1nc2cc(C3CC4OC4CCCCCCC(=O)CCCC(=O)O3)ccc2o1. The Morgan fingerprint density at radius 1 is 0.966 bits per heavy atom. The number of benzene rings is 1. The molecule has 0 radical (unpaired) electrons. The zero-order valence-electron chi connectivity index (χ0n) is 17.0. The van der Waals surface area contributed by atoms with Gasteiger partial charge in [0, 0.05) is 32.6 Å². The molecular formula is C23H29NO5. The lowest BCUT2D eigenvalue weighted by atomic mass is 10.00. The van der Waals surface area contributed by atoms with Crippen molar-refractivity contribution in [2.75, 3.05) is 0 Å². The summed E-state index contributed by atoms with van der Waals surface area (Å²) in [4.78, 5) is 28.8. The van der Waals surface area contributed by atoms with Gasteiger partial charge in [0.05, 0.1) is 12.2 Å². The van der Waals surface area contributed by atoms with Crippen molar-refractivity contribution in [3.8, 4) is 0 Å². The van der Waals surface area contributed by atoms with Crippen molar-refractivity contribution < 1.29 is 23.5 Å². The van der Waals surface area contributed by atoms with Gasteiger partial charge >= 0.3 is 5.97 Å². The van der Waals surface area contributed by atoms with Crippen LogP contribution in [-0.2, 0) is 19.1 Å². The second-order valence-electron chi connectivity index (χ2n) is 8.23. The number of rotatable bonds is 1. The number of oxazole rings is 1. The van der Waals surface area contributed by atoms with Crippen LogP contribution in [0.25, 0.3) is 11.1 Å². The lowest BCUT2D eigenvalue weighted by Crippen LogP contribution is -2.15. The van der Waals surface area contributed by atoms with E-state index in [2.05, 4.69) is 4.98 Å². The number of carbonyl (C=O) groups excluding carboxylic acids is 2. The molecule has 3 heterocycles. The first-order valence-corrected chi connectivity index (χ1v) is 10.8. The van der Waals surface area contributed by atoms with E-state index >= 15 is 0 Å². The molecule has 0 bridgehead atoms. The largest absolute Gasteiger partial charge is 0.457 e. The Morgan fingerprint density at radius 3 is 2.69 bits per heavy atom. The summed E-state index contributed by atoms with van der Waals surface area (Å²) < 4.78 is 17.2. The molecule has 3 atom stereocenters. The predicted molar refractivity (Wildman–Crippen MR) is 107 cm³/mol. The van der Waals surface area contributed by atoms with Crippen molar-refractivity contribution >= 4 is 22.9 Å². The molecule has 2 fully saturated rings. The monoisotopic (exact) mass is 399 g/mol. The minimum absolute atomic E-state index is 0.136. The molecular weight excluding hydrogens is 370 g/mol. The fourth-order valence-corrected chi connectivity index (χ4v) is 4.16. The number of hydrogen-bond donors (Lipinski definition) is 0. The van der Waals surface area contributed by atoms with Crippen molar-refractivity contribution in [1.29, 1.82) is 0 Å². The van der Waals surface area contributed by atoms with E-state index in [1.54, 1.807) is 0 Å². The highest BCUT2D eigenvalue weighted by Gasteiger charge is 2.40. The number of fused-ring (bicyclic) bond motifs is 2. The molecule has 3 unspecified atom stereocenters. The topological polar surface area (TPSA) is 81.9 Å². The maximum absolute atomic E-state index is 12.4. The van der Waals surface area contributed by atoms with Gasteiger partial charge in [0.25, 0.3) is 0 Å². The minimum Gasteiger partial charge on any atom is -0.457 e. The number of cyclic esters (lactones) is 1. The number of epoxide rings is 1. The smallest absolute Gasteiger partial charge is 0.306 e. The zero-order chi connectivity index (χ0) is 20.2. The van der Waals surface area contributed by atoms with E-state index in [0.29, 0.717) is 31.6 Å². The van der Waals surface area contributed by atoms with Crippen LogP contribution in [0.2, 0.25) is 0 Å². The standard InChI is InChI=1S/C23H29NO5/c1-15-24-18-13-16(11-12-19(18)27-15)21-14-22-20(28-22)9-5-3-2-4-7-17(25)8-6-10-23(26)29-21/h11-13,20-22H,2-10,14H2,1H3. The number of carbonyl (C=O) groups is 2. The zero-order valence-corrected chi connectivity index (χ0v) is 17.0. The molecule has 0 spiro atoms. The molecule has 0 aliphatic carbocycles. The van der Waals surface area contributed by atoms with Gasteiger partial charge in [0.1, 0.15) is 17.4 Å². The maximum Gasteiger partial charge on any atom is 0.306 e. The van der Waals surface area contributed by atoms with Crippen LogP contribution in [0.5, 0.6) is 0 Å². The third-order valence-corrected chi connectivity index (χ3v) is 5.83. The van der Waals surface area contributed by atoms with Crippen LogP contribution in [0, 0.1) is 6.92 Å². The summed E-state index contributed by atoms with van der Waals surface area (Å²) >= 11 is 0. The van der Waals surface area contributed by atoms with Gasteiger partial charge in [-0.15, -0.1) is 0 Å². The summed E-state index contributed by atoms with van der Waals surface area (Å²) in [6.45, 7) is 1.82. The molecule has 6 heteroatoms. The first-order valence-electron chi connectivity index (χ1n) is 10.8. The predicted octanol–water partition coefficient (Wildman–Crippen LogP) is 4.97. The minimum atomic E-state index is -0.373. The van der Waals surface area contributed by atoms with E-state index in [4.69, 9.17) is 13.9 Å². The second kappa shape index (κ2) is 9.08. The molecule has 29 heavy (non-hydrogen) atoms. The molecule has 4 rings (SSSR count). The molecule has 1 aromatic carbocycles. The summed E-state index contributed by atoms with van der Waals surface area (Å²) in [5, 5.41) is 0. The molecule has 1 aromatic heterocycles. The van der Waals surface area contributed by atoms with Gasteiger partial charge in [-0.2, -0.15) is 0 Å². The van der Waals surface area contributed by atoms with Crippen molar-refractivity contribution in [3.63, 3.8) is 0 Å². The van der Waals surface area contributed by atoms with Gasteiger partial charge in [-0.05, 0) is 37.0 Å². The Labute approximate surface area is 171 Å². The number of aromatic nitrogens is 1. The van der Waals surface area contributed by atoms with Gasteiger partial charge in [-0.1, -0.05) is 25.3 Å². The van der Waals surface area contributed by atoms with Crippen LogP contribution < -0.4 is 0 Å². The third kappa shape index (κ3) is 5.44. The molecule has 2 saturated heterocycles. The average molecular weight is 399 g/mol. The van der Waals surface area contributed by atoms with E-state index in [1.807, 2.05) is 25.1 Å². The summed E-state index contributed by atoms with van der Waals surface area (Å²) in [5.74, 6) is 0.602. The van der Waals surface area contributed by atoms with Crippen molar-refractivity contribution in [1.82, 2.24) is 4.98 Å². The second-order valence-corrected chi connectivity index (χ2v) is 8.23. The highest BCUT2D eigenvalue weighted by atomic mass is 16.6. The van der Waals surface area contributed by atoms with E-state index in [0.717, 1.165) is 48.8 Å². The highest BCUT2D eigenvalue weighted by Crippen LogP contribution is 2.37. The fourth-order valence-electron chi connectivity index (χ4n) is 4.16. The normalized spacial score (nSPS) is 27.4. The fraction of sp³-hybridized carbons (Fsp3) is 0.609. The average Bonchev–Trinajstić information content (AvgIpc) is 3.30. The number of ether oxygens (including phenoxy) is 2. The van der Waals surface area contributed by atoms with Crippen LogP contribution in [0.3, 0.4) is 0 Å². The van der Waals surface area contributed by atoms with Gasteiger partial charge in [0.2, 0.25) is 0 Å². The van der Waals surface area contributed by atoms with E-state index < -0.39 is 0 Å². The van der Waals surface area contributed by atoms with Crippen molar-refractivity contribution in [2.45, 2.75) is 89.4 Å². The molecule has 0 N–H and O–H groups in total. The Hall–Kier alpha value is -2.21. The lowest BCUT2D eigenvalue weighted by Gasteiger charge is -2.18. The summed E-state index contributed by atoms with van der Waals surface area (Å²) in [5.41, 5.74) is 2.40. The quantitative estimate of drug-likeness (QED) is 0.497. The van der Waals surface area contributed by atoms with E-state index in [1.165, 1.54) is 0 Å². The maximum atomic E-state index is 12.4. The van der Waals surface area contributed by atoms with Crippen LogP contribution in [0.4, 0.5) is 0 Å². The van der Waals surface area contributed by atoms with E-state index in [-0.39, 0.29) is 36.5 Å². The van der Waals surface area contributed by atoms with Crippen LogP contribution in [0.1, 0.15) is 81.8 Å². The van der Waals surface area contributed by atoms with E-state index in [9.17, 15) is 9.59 Å². The molecule has 2 aliphatic heterocycles. The van der Waals surface area contributed by atoms with Crippen molar-refractivity contribution in [2.24, 2.45) is 0 Å². The molecule has 156 valence electrons. The Morgan fingerprint density at radius 2 is 1.79 bits per heavy atom. The summed E-state index contributed by atoms with van der Waals surface area (Å²) in [6.07, 6.45) is 7.88. The number of nitrogens with zero attached hydrogens (tertiary/aromatic N) is 1. The molecule has 0 saturated carbocycles. The van der Waals surface area contributed by atoms with Crippen LogP contribution in [-0.4, -0.2) is 28.9 Å². The van der Waals surface area contributed by atoms with Gasteiger partial charge in [0.15, 0.2) is 11.5 Å². The molecule has 6 nitrogen and oxygen atoms in total. The van der Waals surface area contributed by atoms with Gasteiger partial charge in [-0.3, -0.25) is 9.59 Å². The van der Waals surface area contributed by atoms with Gasteiger partial charge < -0.3 is 13.9 Å². The van der Waals surface area contributed by atoms with Crippen LogP contribution >= 0.6 is 0 Å². The summed E-state index contributed by atoms with van der Waals surface area (Å²) in [7, 11) is 0. The molecule has 2 aromatic rings. The Balaban J connectivity index is 1.48. The van der Waals surface area contributed by atoms with Crippen LogP contribution in [0.15, 0.2) is 22.6 Å². The highest BCUT2D eigenvalue weighted by molar-refractivity contribution is 5.79. The number of esters is 1. The Bertz CT molecular complexity index is 873. The number of ketones is 1. The number of aryl methyl sites for hydroxylation is 1. The first-order chi connectivity index (χ1) is 14.1. The van der Waals surface area contributed by atoms with Gasteiger partial charge in [-0.25, -0.2) is 4.98 Å². The molecule has 0 amide bonds. The number of hydrogen-bond acceptors (Lipinski definition) is 6.